The maximum absolute atomic E-state index is 13.3. The second-order valence-corrected chi connectivity index (χ2v) is 7.84. The Hall–Kier alpha value is -3.72. The van der Waals surface area contributed by atoms with Gasteiger partial charge in [-0.1, -0.05) is 36.4 Å². The number of benzene rings is 2. The van der Waals surface area contributed by atoms with Gasteiger partial charge in [-0.2, -0.15) is 10.4 Å². The minimum Gasteiger partial charge on any atom is -0.325 e. The van der Waals surface area contributed by atoms with E-state index in [-0.39, 0.29) is 11.6 Å². The largest absolute Gasteiger partial charge is 0.325 e. The van der Waals surface area contributed by atoms with E-state index >= 15 is 0 Å². The number of nitrogens with one attached hydrogen (secondary N) is 1. The minimum atomic E-state index is -1.45. The van der Waals surface area contributed by atoms with Gasteiger partial charge in [-0.25, -0.2) is 0 Å². The second-order valence-electron chi connectivity index (χ2n) is 7.84. The van der Waals surface area contributed by atoms with Gasteiger partial charge in [0, 0.05) is 29.8 Å². The van der Waals surface area contributed by atoms with Crippen molar-refractivity contribution in [3.05, 3.63) is 70.9 Å². The molecule has 2 aliphatic carbocycles. The van der Waals surface area contributed by atoms with Crippen LogP contribution >= 0.6 is 0 Å². The normalized spacial score (nSPS) is 16.9. The van der Waals surface area contributed by atoms with Crippen molar-refractivity contribution in [2.24, 2.45) is 13.0 Å². The SMILES string of the molecule is Cn1nc(C(=O)C(C#N)C(=O)Nc2ccccc2)c2c1-c1cccc3c1C2CCC3. The molecule has 2 unspecified atom stereocenters. The van der Waals surface area contributed by atoms with Gasteiger partial charge < -0.3 is 5.32 Å². The lowest BCUT2D eigenvalue weighted by molar-refractivity contribution is -0.117. The van der Waals surface area contributed by atoms with Gasteiger partial charge in [0.05, 0.1) is 11.8 Å². The topological polar surface area (TPSA) is 87.8 Å². The zero-order valence-corrected chi connectivity index (χ0v) is 16.6. The molecule has 0 saturated heterocycles. The molecule has 6 nitrogen and oxygen atoms in total. The zero-order chi connectivity index (χ0) is 20.8. The number of rotatable bonds is 4. The molecule has 3 aromatic rings. The maximum Gasteiger partial charge on any atom is 0.249 e. The van der Waals surface area contributed by atoms with Crippen LogP contribution in [0.25, 0.3) is 11.3 Å². The Morgan fingerprint density at radius 1 is 1.17 bits per heavy atom. The van der Waals surface area contributed by atoms with Crippen molar-refractivity contribution in [1.29, 1.82) is 5.26 Å². The van der Waals surface area contributed by atoms with E-state index in [0.717, 1.165) is 36.1 Å². The van der Waals surface area contributed by atoms with Crippen LogP contribution in [0.2, 0.25) is 0 Å². The van der Waals surface area contributed by atoms with Crippen molar-refractivity contribution >= 4 is 17.4 Å². The van der Waals surface area contributed by atoms with Crippen molar-refractivity contribution in [2.75, 3.05) is 5.32 Å². The van der Waals surface area contributed by atoms with Crippen molar-refractivity contribution in [1.82, 2.24) is 9.78 Å². The van der Waals surface area contributed by atoms with Gasteiger partial charge in [-0.15, -0.1) is 0 Å². The molecular weight excluding hydrogens is 376 g/mol. The van der Waals surface area contributed by atoms with Crippen molar-refractivity contribution < 1.29 is 9.59 Å². The van der Waals surface area contributed by atoms with Gasteiger partial charge in [-0.3, -0.25) is 14.3 Å². The molecule has 0 radical (unpaired) electrons. The van der Waals surface area contributed by atoms with Gasteiger partial charge in [0.1, 0.15) is 5.69 Å². The van der Waals surface area contributed by atoms with Crippen LogP contribution in [0.4, 0.5) is 5.69 Å². The average Bonchev–Trinajstić information content (AvgIpc) is 3.27. The minimum absolute atomic E-state index is 0.101. The second kappa shape index (κ2) is 6.96. The van der Waals surface area contributed by atoms with Crippen LogP contribution in [0, 0.1) is 17.2 Å². The highest BCUT2D eigenvalue weighted by Crippen LogP contribution is 2.52. The number of Topliss-reactive ketones (excluding diaryl/α,β-unsaturated/α-hetero) is 1. The maximum atomic E-state index is 13.3. The van der Waals surface area contributed by atoms with Gasteiger partial charge in [-0.05, 0) is 42.5 Å². The summed E-state index contributed by atoms with van der Waals surface area (Å²) in [7, 11) is 1.82. The van der Waals surface area contributed by atoms with E-state index in [1.165, 1.54) is 11.1 Å². The number of fused-ring (bicyclic) bond motifs is 3. The molecule has 2 aliphatic rings. The standard InChI is InChI=1S/C24H20N4O2/c1-28-22-17-12-6-8-14-7-5-11-16(19(14)17)20(22)21(27-28)23(29)18(13-25)24(30)26-15-9-3-2-4-10-15/h2-4,6,8-10,12,16,18H,5,7,11H2,1H3,(H,26,30). The number of hydrogen-bond acceptors (Lipinski definition) is 4. The number of nitriles is 1. The zero-order valence-electron chi connectivity index (χ0n) is 16.6. The third-order valence-corrected chi connectivity index (χ3v) is 6.10. The number of carbonyl (C=O) groups excluding carboxylic acids is 2. The average molecular weight is 396 g/mol. The van der Waals surface area contributed by atoms with Crippen LogP contribution < -0.4 is 5.32 Å². The number of amides is 1. The van der Waals surface area contributed by atoms with Gasteiger partial charge in [0.15, 0.2) is 5.92 Å². The van der Waals surface area contributed by atoms with Crippen molar-refractivity contribution in [2.45, 2.75) is 25.2 Å². The lowest BCUT2D eigenvalue weighted by Gasteiger charge is -2.22. The fraction of sp³-hybridized carbons (Fsp3) is 0.250. The molecule has 2 atom stereocenters. The summed E-state index contributed by atoms with van der Waals surface area (Å²) in [6, 6.07) is 17.0. The summed E-state index contributed by atoms with van der Waals surface area (Å²) in [5, 5.41) is 16.8. The Kier molecular flexibility index (Phi) is 4.25. The number of nitrogens with zero attached hydrogens (tertiary/aromatic N) is 3. The molecule has 1 N–H and O–H groups in total. The summed E-state index contributed by atoms with van der Waals surface area (Å²) < 4.78 is 1.72. The quantitative estimate of drug-likeness (QED) is 0.536. The molecule has 6 heteroatoms. The smallest absolute Gasteiger partial charge is 0.249 e. The van der Waals surface area contributed by atoms with Crippen LogP contribution in [-0.2, 0) is 18.3 Å². The first-order valence-corrected chi connectivity index (χ1v) is 10.1. The molecule has 1 aromatic heterocycles. The predicted octanol–water partition coefficient (Wildman–Crippen LogP) is 3.83. The summed E-state index contributed by atoms with van der Waals surface area (Å²) in [6.45, 7) is 0. The van der Waals surface area contributed by atoms with E-state index in [1.807, 2.05) is 25.2 Å². The van der Waals surface area contributed by atoms with E-state index in [4.69, 9.17) is 0 Å². The van der Waals surface area contributed by atoms with Crippen LogP contribution in [0.1, 0.15) is 45.9 Å². The molecular formula is C24H20N4O2. The van der Waals surface area contributed by atoms with Crippen LogP contribution in [0.15, 0.2) is 48.5 Å². The van der Waals surface area contributed by atoms with E-state index < -0.39 is 17.6 Å². The number of aromatic nitrogens is 2. The lowest BCUT2D eigenvalue weighted by atomic mass is 9.81. The third-order valence-electron chi connectivity index (χ3n) is 6.10. The summed E-state index contributed by atoms with van der Waals surface area (Å²) >= 11 is 0. The molecule has 0 saturated carbocycles. The number of para-hydroxylation sites is 1. The molecule has 1 heterocycles. The Labute approximate surface area is 174 Å². The van der Waals surface area contributed by atoms with Gasteiger partial charge >= 0.3 is 0 Å². The fourth-order valence-corrected chi connectivity index (χ4v) is 4.86. The Morgan fingerprint density at radius 3 is 2.73 bits per heavy atom. The van der Waals surface area contributed by atoms with Crippen LogP contribution in [-0.4, -0.2) is 21.5 Å². The molecule has 0 spiro atoms. The molecule has 30 heavy (non-hydrogen) atoms. The number of aryl methyl sites for hydroxylation is 2. The first-order chi connectivity index (χ1) is 14.6. The van der Waals surface area contributed by atoms with Gasteiger partial charge in [0.25, 0.3) is 0 Å². The summed E-state index contributed by atoms with van der Waals surface area (Å²) in [5.41, 5.74) is 6.31. The molecule has 0 aliphatic heterocycles. The van der Waals surface area contributed by atoms with E-state index in [0.29, 0.717) is 5.69 Å². The number of carbonyl (C=O) groups is 2. The summed E-state index contributed by atoms with van der Waals surface area (Å²) in [6.07, 6.45) is 3.01. The number of ketones is 1. The molecule has 5 rings (SSSR count). The molecule has 1 amide bonds. The van der Waals surface area contributed by atoms with Crippen molar-refractivity contribution in [3.63, 3.8) is 0 Å². The van der Waals surface area contributed by atoms with Crippen molar-refractivity contribution in [3.8, 4) is 17.3 Å². The molecule has 2 aromatic carbocycles. The highest BCUT2D eigenvalue weighted by molar-refractivity contribution is 6.16. The summed E-state index contributed by atoms with van der Waals surface area (Å²) in [4.78, 5) is 26.0. The molecule has 0 bridgehead atoms. The first kappa shape index (κ1) is 18.3. The Morgan fingerprint density at radius 2 is 1.97 bits per heavy atom. The monoisotopic (exact) mass is 396 g/mol. The highest BCUT2D eigenvalue weighted by atomic mass is 16.2. The first-order valence-electron chi connectivity index (χ1n) is 10.1. The molecule has 148 valence electrons. The molecule has 0 fully saturated rings. The lowest BCUT2D eigenvalue weighted by Crippen LogP contribution is -2.29. The van der Waals surface area contributed by atoms with E-state index in [1.54, 1.807) is 28.9 Å². The Balaban J connectivity index is 1.53. The Bertz CT molecular complexity index is 1220. The number of anilines is 1. The number of hydrogen-bond donors (Lipinski definition) is 1. The van der Waals surface area contributed by atoms with E-state index in [2.05, 4.69) is 22.5 Å². The summed E-state index contributed by atoms with van der Waals surface area (Å²) in [5.74, 6) is -2.52. The third kappa shape index (κ3) is 2.66. The predicted molar refractivity (Wildman–Crippen MR) is 112 cm³/mol. The van der Waals surface area contributed by atoms with Gasteiger partial charge in [0.2, 0.25) is 11.7 Å². The van der Waals surface area contributed by atoms with Crippen LogP contribution in [0.3, 0.4) is 0 Å². The van der Waals surface area contributed by atoms with E-state index in [9.17, 15) is 14.9 Å². The van der Waals surface area contributed by atoms with Crippen LogP contribution in [0.5, 0.6) is 0 Å². The fourth-order valence-electron chi connectivity index (χ4n) is 4.86. The highest BCUT2D eigenvalue weighted by Gasteiger charge is 2.41.